The SMILES string of the molecule is CC(C)CC(=O)N[C@@H](N1CCCC1)C(Cl)(Cl)Cl. The number of nitrogens with zero attached hydrogens (tertiary/aromatic N) is 1. The lowest BCUT2D eigenvalue weighted by Crippen LogP contribution is -2.54. The predicted octanol–water partition coefficient (Wildman–Crippen LogP) is 2.94. The fourth-order valence-corrected chi connectivity index (χ4v) is 2.54. The number of amides is 1. The number of rotatable bonds is 4. The maximum absolute atomic E-state index is 11.8. The Morgan fingerprint density at radius 3 is 2.24 bits per heavy atom. The molecule has 1 atom stereocenters. The molecule has 0 saturated carbocycles. The average molecular weight is 302 g/mol. The van der Waals surface area contributed by atoms with E-state index in [9.17, 15) is 4.79 Å². The summed E-state index contributed by atoms with van der Waals surface area (Å²) in [4.78, 5) is 13.8. The first kappa shape index (κ1) is 15.4. The van der Waals surface area contributed by atoms with Gasteiger partial charge in [-0.2, -0.15) is 0 Å². The predicted molar refractivity (Wildman–Crippen MR) is 72.5 cm³/mol. The maximum Gasteiger partial charge on any atom is 0.223 e. The van der Waals surface area contributed by atoms with E-state index in [1.54, 1.807) is 0 Å². The molecular weight excluding hydrogens is 282 g/mol. The number of carbonyl (C=O) groups is 1. The molecule has 0 aliphatic carbocycles. The number of likely N-dealkylation sites (tertiary alicyclic amines) is 1. The highest BCUT2D eigenvalue weighted by Gasteiger charge is 2.39. The standard InChI is InChI=1S/C11H19Cl3N2O/c1-8(2)7-9(17)15-10(11(12,13)14)16-5-3-4-6-16/h8,10H,3-7H2,1-2H3,(H,15,17)/t10-/m0/s1. The zero-order valence-corrected chi connectivity index (χ0v) is 12.4. The molecule has 3 nitrogen and oxygen atoms in total. The summed E-state index contributed by atoms with van der Waals surface area (Å²) in [7, 11) is 0. The molecule has 0 aromatic carbocycles. The van der Waals surface area contributed by atoms with E-state index in [4.69, 9.17) is 34.8 Å². The molecule has 0 radical (unpaired) electrons. The van der Waals surface area contributed by atoms with Crippen LogP contribution in [0.25, 0.3) is 0 Å². The van der Waals surface area contributed by atoms with Gasteiger partial charge in [0.25, 0.3) is 0 Å². The van der Waals surface area contributed by atoms with Crippen LogP contribution in [0.1, 0.15) is 33.1 Å². The molecule has 100 valence electrons. The van der Waals surface area contributed by atoms with Gasteiger partial charge in [0.2, 0.25) is 9.70 Å². The van der Waals surface area contributed by atoms with Crippen molar-refractivity contribution in [2.45, 2.75) is 43.1 Å². The highest BCUT2D eigenvalue weighted by Crippen LogP contribution is 2.33. The number of hydrogen-bond donors (Lipinski definition) is 1. The second-order valence-electron chi connectivity index (χ2n) is 4.85. The van der Waals surface area contributed by atoms with E-state index in [0.29, 0.717) is 12.3 Å². The lowest BCUT2D eigenvalue weighted by atomic mass is 10.1. The topological polar surface area (TPSA) is 32.3 Å². The Morgan fingerprint density at radius 1 is 1.29 bits per heavy atom. The molecule has 1 saturated heterocycles. The minimum absolute atomic E-state index is 0.0665. The Hall–Kier alpha value is 0.300. The summed E-state index contributed by atoms with van der Waals surface area (Å²) >= 11 is 17.8. The van der Waals surface area contributed by atoms with Crippen molar-refractivity contribution in [3.63, 3.8) is 0 Å². The monoisotopic (exact) mass is 300 g/mol. The molecule has 0 bridgehead atoms. The van der Waals surface area contributed by atoms with Gasteiger partial charge in [-0.05, 0) is 18.8 Å². The molecule has 0 spiro atoms. The van der Waals surface area contributed by atoms with Crippen LogP contribution in [0.5, 0.6) is 0 Å². The van der Waals surface area contributed by atoms with Crippen molar-refractivity contribution in [1.29, 1.82) is 0 Å². The number of carbonyl (C=O) groups excluding carboxylic acids is 1. The Labute approximate surface area is 118 Å². The molecule has 0 unspecified atom stereocenters. The molecule has 1 amide bonds. The van der Waals surface area contributed by atoms with Crippen LogP contribution in [0.2, 0.25) is 0 Å². The van der Waals surface area contributed by atoms with Crippen LogP contribution in [-0.4, -0.2) is 33.9 Å². The van der Waals surface area contributed by atoms with Crippen molar-refractivity contribution in [2.24, 2.45) is 5.92 Å². The smallest absolute Gasteiger partial charge is 0.223 e. The summed E-state index contributed by atoms with van der Waals surface area (Å²) in [5.41, 5.74) is 0. The first-order chi connectivity index (χ1) is 7.80. The number of nitrogens with one attached hydrogen (secondary N) is 1. The van der Waals surface area contributed by atoms with E-state index in [1.165, 1.54) is 0 Å². The van der Waals surface area contributed by atoms with Crippen LogP contribution in [0.15, 0.2) is 0 Å². The Bertz CT molecular complexity index is 260. The lowest BCUT2D eigenvalue weighted by molar-refractivity contribution is -0.123. The summed E-state index contributed by atoms with van der Waals surface area (Å²) < 4.78 is -1.49. The van der Waals surface area contributed by atoms with Crippen LogP contribution in [0.3, 0.4) is 0 Å². The van der Waals surface area contributed by atoms with E-state index >= 15 is 0 Å². The third kappa shape index (κ3) is 5.21. The Kier molecular flexibility index (Phi) is 5.84. The van der Waals surface area contributed by atoms with Crippen molar-refractivity contribution < 1.29 is 4.79 Å². The van der Waals surface area contributed by atoms with Gasteiger partial charge in [0, 0.05) is 19.5 Å². The fraction of sp³-hybridized carbons (Fsp3) is 0.909. The van der Waals surface area contributed by atoms with E-state index < -0.39 is 9.96 Å². The van der Waals surface area contributed by atoms with Crippen LogP contribution in [0, 0.1) is 5.92 Å². The van der Waals surface area contributed by atoms with Gasteiger partial charge in [0.1, 0.15) is 6.17 Å². The van der Waals surface area contributed by atoms with Crippen molar-refractivity contribution in [3.8, 4) is 0 Å². The van der Waals surface area contributed by atoms with Gasteiger partial charge < -0.3 is 5.32 Å². The molecule has 1 aliphatic heterocycles. The molecular formula is C11H19Cl3N2O. The number of halogens is 3. The minimum Gasteiger partial charge on any atom is -0.337 e. The van der Waals surface area contributed by atoms with Gasteiger partial charge in [0.05, 0.1) is 0 Å². The highest BCUT2D eigenvalue weighted by molar-refractivity contribution is 6.68. The largest absolute Gasteiger partial charge is 0.337 e. The number of alkyl halides is 3. The van der Waals surface area contributed by atoms with Crippen LogP contribution in [-0.2, 0) is 4.79 Å². The molecule has 0 aromatic rings. The van der Waals surface area contributed by atoms with Crippen molar-refractivity contribution in [3.05, 3.63) is 0 Å². The van der Waals surface area contributed by atoms with E-state index in [-0.39, 0.29) is 5.91 Å². The normalized spacial score (nSPS) is 19.6. The summed E-state index contributed by atoms with van der Waals surface area (Å²) in [6.45, 7) is 5.70. The fourth-order valence-electron chi connectivity index (χ4n) is 1.96. The molecule has 1 heterocycles. The highest BCUT2D eigenvalue weighted by atomic mass is 35.6. The molecule has 6 heteroatoms. The first-order valence-corrected chi connectivity index (χ1v) is 7.04. The van der Waals surface area contributed by atoms with Gasteiger partial charge in [-0.3, -0.25) is 9.69 Å². The molecule has 17 heavy (non-hydrogen) atoms. The summed E-state index contributed by atoms with van der Waals surface area (Å²) in [5, 5.41) is 2.82. The Morgan fingerprint density at radius 2 is 1.82 bits per heavy atom. The zero-order valence-electron chi connectivity index (χ0n) is 10.2. The van der Waals surface area contributed by atoms with Crippen molar-refractivity contribution in [1.82, 2.24) is 10.2 Å². The van der Waals surface area contributed by atoms with E-state index in [2.05, 4.69) is 5.32 Å². The third-order valence-corrected chi connectivity index (χ3v) is 3.33. The quantitative estimate of drug-likeness (QED) is 0.810. The number of hydrogen-bond acceptors (Lipinski definition) is 2. The summed E-state index contributed by atoms with van der Waals surface area (Å²) in [6.07, 6.45) is 2.08. The van der Waals surface area contributed by atoms with E-state index in [0.717, 1.165) is 25.9 Å². The van der Waals surface area contributed by atoms with Crippen molar-refractivity contribution in [2.75, 3.05) is 13.1 Å². The average Bonchev–Trinajstić information content (AvgIpc) is 2.63. The second-order valence-corrected chi connectivity index (χ2v) is 7.22. The Balaban J connectivity index is 2.61. The first-order valence-electron chi connectivity index (χ1n) is 5.91. The molecule has 1 fully saturated rings. The molecule has 1 rings (SSSR count). The molecule has 0 aromatic heterocycles. The van der Waals surface area contributed by atoms with Crippen molar-refractivity contribution >= 4 is 40.7 Å². The van der Waals surface area contributed by atoms with Crippen LogP contribution in [0.4, 0.5) is 0 Å². The van der Waals surface area contributed by atoms with Gasteiger partial charge in [0.15, 0.2) is 0 Å². The van der Waals surface area contributed by atoms with Gasteiger partial charge in [-0.1, -0.05) is 48.7 Å². The third-order valence-electron chi connectivity index (χ3n) is 2.71. The molecule has 1 N–H and O–H groups in total. The van der Waals surface area contributed by atoms with Crippen LogP contribution < -0.4 is 5.32 Å². The molecule has 1 aliphatic rings. The summed E-state index contributed by atoms with van der Waals surface area (Å²) in [6, 6.07) is 0. The van der Waals surface area contributed by atoms with E-state index in [1.807, 2.05) is 18.7 Å². The summed E-state index contributed by atoms with van der Waals surface area (Å²) in [5.74, 6) is 0.229. The van der Waals surface area contributed by atoms with Gasteiger partial charge in [-0.15, -0.1) is 0 Å². The lowest BCUT2D eigenvalue weighted by Gasteiger charge is -2.33. The van der Waals surface area contributed by atoms with Gasteiger partial charge >= 0.3 is 0 Å². The second kappa shape index (κ2) is 6.46. The van der Waals surface area contributed by atoms with Crippen LogP contribution >= 0.6 is 34.8 Å². The minimum atomic E-state index is -1.49. The zero-order chi connectivity index (χ0) is 13.1. The van der Waals surface area contributed by atoms with Gasteiger partial charge in [-0.25, -0.2) is 0 Å². The maximum atomic E-state index is 11.8.